The monoisotopic (exact) mass is 243 g/mol. The van der Waals surface area contributed by atoms with E-state index in [9.17, 15) is 13.2 Å². The van der Waals surface area contributed by atoms with Crippen LogP contribution in [0, 0.1) is 0 Å². The maximum absolute atomic E-state index is 12.5. The molecule has 0 spiro atoms. The third-order valence-electron chi connectivity index (χ3n) is 2.73. The van der Waals surface area contributed by atoms with Crippen molar-refractivity contribution in [2.75, 3.05) is 7.05 Å². The van der Waals surface area contributed by atoms with E-state index in [4.69, 9.17) is 4.42 Å². The summed E-state index contributed by atoms with van der Waals surface area (Å²) in [7, 11) is 1.76. The van der Waals surface area contributed by atoms with Crippen LogP contribution in [0.1, 0.15) is 24.3 Å². The predicted octanol–water partition coefficient (Wildman–Crippen LogP) is 3.73. The van der Waals surface area contributed by atoms with Crippen LogP contribution in [0.3, 0.4) is 0 Å². The van der Waals surface area contributed by atoms with Crippen LogP contribution in [0.2, 0.25) is 0 Å². The maximum Gasteiger partial charge on any atom is 0.416 e. The SMILES string of the molecule is CNC(C)c1cc2ccc(C(F)(F)F)cc2o1. The summed E-state index contributed by atoms with van der Waals surface area (Å²) in [5, 5.41) is 3.65. The summed E-state index contributed by atoms with van der Waals surface area (Å²) in [5.41, 5.74) is -0.431. The summed E-state index contributed by atoms with van der Waals surface area (Å²) in [4.78, 5) is 0. The quantitative estimate of drug-likeness (QED) is 0.869. The molecule has 17 heavy (non-hydrogen) atoms. The third kappa shape index (κ3) is 2.29. The molecule has 0 aliphatic rings. The van der Waals surface area contributed by atoms with Crippen molar-refractivity contribution in [2.45, 2.75) is 19.1 Å². The summed E-state index contributed by atoms with van der Waals surface area (Å²) in [6.45, 7) is 1.88. The van der Waals surface area contributed by atoms with E-state index in [0.717, 1.165) is 12.1 Å². The molecule has 0 radical (unpaired) electrons. The van der Waals surface area contributed by atoms with Crippen LogP contribution in [0.4, 0.5) is 13.2 Å². The summed E-state index contributed by atoms with van der Waals surface area (Å²) in [6, 6.07) is 5.23. The molecule has 1 unspecified atom stereocenters. The molecule has 1 atom stereocenters. The van der Waals surface area contributed by atoms with Crippen LogP contribution in [-0.4, -0.2) is 7.05 Å². The number of halogens is 3. The van der Waals surface area contributed by atoms with Crippen LogP contribution in [0.5, 0.6) is 0 Å². The topological polar surface area (TPSA) is 25.2 Å². The number of nitrogens with one attached hydrogen (secondary N) is 1. The molecule has 0 fully saturated rings. The highest BCUT2D eigenvalue weighted by Gasteiger charge is 2.30. The minimum atomic E-state index is -4.34. The van der Waals surface area contributed by atoms with E-state index in [1.807, 2.05) is 6.92 Å². The van der Waals surface area contributed by atoms with Crippen molar-refractivity contribution < 1.29 is 17.6 Å². The molecule has 1 aromatic heterocycles. The predicted molar refractivity (Wildman–Crippen MR) is 58.7 cm³/mol. The summed E-state index contributed by atoms with van der Waals surface area (Å²) in [5.74, 6) is 0.627. The minimum absolute atomic E-state index is 0.0308. The van der Waals surface area contributed by atoms with Crippen LogP contribution < -0.4 is 5.32 Å². The zero-order valence-electron chi connectivity index (χ0n) is 9.43. The highest BCUT2D eigenvalue weighted by atomic mass is 19.4. The number of alkyl halides is 3. The van der Waals surface area contributed by atoms with Gasteiger partial charge in [-0.1, -0.05) is 6.07 Å². The van der Waals surface area contributed by atoms with Crippen molar-refractivity contribution >= 4 is 11.0 Å². The molecule has 5 heteroatoms. The average Bonchev–Trinajstić information content (AvgIpc) is 2.69. The number of rotatable bonds is 2. The smallest absolute Gasteiger partial charge is 0.416 e. The zero-order valence-corrected chi connectivity index (χ0v) is 9.43. The highest BCUT2D eigenvalue weighted by molar-refractivity contribution is 5.78. The first-order valence-electron chi connectivity index (χ1n) is 5.20. The molecule has 1 N–H and O–H groups in total. The Morgan fingerprint density at radius 2 is 1.94 bits per heavy atom. The van der Waals surface area contributed by atoms with Gasteiger partial charge in [0.1, 0.15) is 11.3 Å². The lowest BCUT2D eigenvalue weighted by Gasteiger charge is -2.05. The Hall–Kier alpha value is -1.49. The largest absolute Gasteiger partial charge is 0.459 e. The van der Waals surface area contributed by atoms with Gasteiger partial charge in [0.25, 0.3) is 0 Å². The van der Waals surface area contributed by atoms with E-state index in [1.54, 1.807) is 13.1 Å². The van der Waals surface area contributed by atoms with Crippen LogP contribution in [0.25, 0.3) is 11.0 Å². The second-order valence-electron chi connectivity index (χ2n) is 3.91. The highest BCUT2D eigenvalue weighted by Crippen LogP contribution is 2.33. The fraction of sp³-hybridized carbons (Fsp3) is 0.333. The van der Waals surface area contributed by atoms with Gasteiger partial charge in [-0.15, -0.1) is 0 Å². The lowest BCUT2D eigenvalue weighted by atomic mass is 10.1. The van der Waals surface area contributed by atoms with Crippen molar-refractivity contribution in [2.24, 2.45) is 0 Å². The normalized spacial score (nSPS) is 14.2. The lowest BCUT2D eigenvalue weighted by molar-refractivity contribution is -0.137. The Kier molecular flexibility index (Phi) is 2.87. The molecule has 2 aromatic rings. The number of furan rings is 1. The van der Waals surface area contributed by atoms with Crippen LogP contribution in [-0.2, 0) is 6.18 Å². The number of fused-ring (bicyclic) bond motifs is 1. The van der Waals surface area contributed by atoms with Gasteiger partial charge >= 0.3 is 6.18 Å². The second-order valence-corrected chi connectivity index (χ2v) is 3.91. The van der Waals surface area contributed by atoms with E-state index >= 15 is 0 Å². The zero-order chi connectivity index (χ0) is 12.6. The first kappa shape index (κ1) is 12.0. The summed E-state index contributed by atoms with van der Waals surface area (Å²) >= 11 is 0. The molecule has 1 heterocycles. The van der Waals surface area contributed by atoms with Gasteiger partial charge in [-0.3, -0.25) is 0 Å². The Bertz CT molecular complexity index is 530. The van der Waals surface area contributed by atoms with Crippen molar-refractivity contribution in [3.63, 3.8) is 0 Å². The molecule has 2 nitrogen and oxygen atoms in total. The molecular weight excluding hydrogens is 231 g/mol. The Morgan fingerprint density at radius 3 is 2.53 bits per heavy atom. The fourth-order valence-electron chi connectivity index (χ4n) is 1.58. The van der Waals surface area contributed by atoms with Gasteiger partial charge in [0.2, 0.25) is 0 Å². The lowest BCUT2D eigenvalue weighted by Crippen LogP contribution is -2.10. The Morgan fingerprint density at radius 1 is 1.24 bits per heavy atom. The van der Waals surface area contributed by atoms with Gasteiger partial charge < -0.3 is 9.73 Å². The van der Waals surface area contributed by atoms with Gasteiger partial charge in [-0.2, -0.15) is 13.2 Å². The maximum atomic E-state index is 12.5. The minimum Gasteiger partial charge on any atom is -0.459 e. The van der Waals surface area contributed by atoms with E-state index in [2.05, 4.69) is 5.32 Å². The number of hydrogen-bond donors (Lipinski definition) is 1. The summed E-state index contributed by atoms with van der Waals surface area (Å²) in [6.07, 6.45) is -4.34. The molecule has 1 aromatic carbocycles. The molecular formula is C12H12F3NO. The van der Waals surface area contributed by atoms with Crippen molar-refractivity contribution in [1.29, 1.82) is 0 Å². The first-order chi connectivity index (χ1) is 7.91. The molecule has 0 saturated carbocycles. The second kappa shape index (κ2) is 4.07. The standard InChI is InChI=1S/C12H12F3NO/c1-7(16-2)10-5-8-3-4-9(12(13,14)15)6-11(8)17-10/h3-7,16H,1-2H3. The summed E-state index contributed by atoms with van der Waals surface area (Å²) < 4.78 is 42.9. The van der Waals surface area contributed by atoms with Gasteiger partial charge in [-0.25, -0.2) is 0 Å². The fourth-order valence-corrected chi connectivity index (χ4v) is 1.58. The number of hydrogen-bond acceptors (Lipinski definition) is 2. The van der Waals surface area contributed by atoms with Gasteiger partial charge in [0.05, 0.1) is 11.6 Å². The van der Waals surface area contributed by atoms with Gasteiger partial charge in [0, 0.05) is 5.39 Å². The van der Waals surface area contributed by atoms with Gasteiger partial charge in [0.15, 0.2) is 0 Å². The molecule has 0 bridgehead atoms. The molecule has 92 valence electrons. The molecule has 2 rings (SSSR count). The van der Waals surface area contributed by atoms with Gasteiger partial charge in [-0.05, 0) is 32.2 Å². The molecule has 0 amide bonds. The third-order valence-corrected chi connectivity index (χ3v) is 2.73. The van der Waals surface area contributed by atoms with Crippen molar-refractivity contribution in [3.8, 4) is 0 Å². The number of benzene rings is 1. The molecule has 0 aliphatic heterocycles. The Balaban J connectivity index is 2.48. The van der Waals surface area contributed by atoms with Crippen LogP contribution >= 0.6 is 0 Å². The average molecular weight is 243 g/mol. The van der Waals surface area contributed by atoms with E-state index in [-0.39, 0.29) is 11.6 Å². The molecule has 0 aliphatic carbocycles. The van der Waals surface area contributed by atoms with Crippen molar-refractivity contribution in [1.82, 2.24) is 5.32 Å². The van der Waals surface area contributed by atoms with Crippen molar-refractivity contribution in [3.05, 3.63) is 35.6 Å². The van der Waals surface area contributed by atoms with Crippen LogP contribution in [0.15, 0.2) is 28.7 Å². The van der Waals surface area contributed by atoms with E-state index < -0.39 is 11.7 Å². The van der Waals surface area contributed by atoms with E-state index in [1.165, 1.54) is 6.07 Å². The Labute approximate surface area is 96.4 Å². The van der Waals surface area contributed by atoms with E-state index in [0.29, 0.717) is 11.1 Å². The molecule has 0 saturated heterocycles. The first-order valence-corrected chi connectivity index (χ1v) is 5.20.